The van der Waals surface area contributed by atoms with Gasteiger partial charge in [-0.25, -0.2) is 0 Å². The average molecular weight is 435 g/mol. The molecule has 0 fully saturated rings. The third-order valence-electron chi connectivity index (χ3n) is 4.72. The van der Waals surface area contributed by atoms with Crippen molar-refractivity contribution in [3.63, 3.8) is 0 Å². The first-order chi connectivity index (χ1) is 15.5. The molecule has 0 saturated carbocycles. The second-order valence-electron chi connectivity index (χ2n) is 6.87. The van der Waals surface area contributed by atoms with E-state index in [1.807, 2.05) is 12.1 Å². The number of ether oxygens (including phenoxy) is 4. The van der Waals surface area contributed by atoms with Gasteiger partial charge in [-0.1, -0.05) is 12.1 Å². The van der Waals surface area contributed by atoms with E-state index < -0.39 is 0 Å². The van der Waals surface area contributed by atoms with Crippen molar-refractivity contribution in [2.75, 3.05) is 26.6 Å². The lowest BCUT2D eigenvalue weighted by Crippen LogP contribution is -2.13. The van der Waals surface area contributed by atoms with Crippen LogP contribution in [0.2, 0.25) is 0 Å². The molecular formula is C25H25NO6. The van der Waals surface area contributed by atoms with Gasteiger partial charge in [-0.3, -0.25) is 9.59 Å². The Morgan fingerprint density at radius 2 is 1.44 bits per heavy atom. The molecule has 1 N–H and O–H groups in total. The van der Waals surface area contributed by atoms with Gasteiger partial charge in [0.15, 0.2) is 0 Å². The SMILES string of the molecule is COc1cc(CCC(=O)Oc2ccc(NC(=O)c3ccccc3OC)cc2)cc(OC)c1. The minimum atomic E-state index is -0.363. The summed E-state index contributed by atoms with van der Waals surface area (Å²) in [6.07, 6.45) is 0.683. The van der Waals surface area contributed by atoms with Crippen molar-refractivity contribution in [1.29, 1.82) is 0 Å². The number of aryl methyl sites for hydroxylation is 1. The van der Waals surface area contributed by atoms with Crippen LogP contribution in [0, 0.1) is 0 Å². The molecule has 32 heavy (non-hydrogen) atoms. The highest BCUT2D eigenvalue weighted by atomic mass is 16.5. The number of hydrogen-bond acceptors (Lipinski definition) is 6. The first-order valence-corrected chi connectivity index (χ1v) is 9.99. The molecule has 3 aromatic rings. The third kappa shape index (κ3) is 6.01. The smallest absolute Gasteiger partial charge is 0.311 e. The molecule has 7 heteroatoms. The predicted octanol–water partition coefficient (Wildman–Crippen LogP) is 4.50. The van der Waals surface area contributed by atoms with Gasteiger partial charge in [0.2, 0.25) is 0 Å². The molecule has 0 radical (unpaired) electrons. The zero-order valence-electron chi connectivity index (χ0n) is 18.2. The number of carbonyl (C=O) groups excluding carboxylic acids is 2. The minimum Gasteiger partial charge on any atom is -0.497 e. The fraction of sp³-hybridized carbons (Fsp3) is 0.200. The monoisotopic (exact) mass is 435 g/mol. The zero-order chi connectivity index (χ0) is 22.9. The van der Waals surface area contributed by atoms with Crippen LogP contribution in [0.15, 0.2) is 66.7 Å². The molecule has 0 atom stereocenters. The van der Waals surface area contributed by atoms with Crippen molar-refractivity contribution in [1.82, 2.24) is 0 Å². The fourth-order valence-electron chi connectivity index (χ4n) is 3.08. The number of carbonyl (C=O) groups is 2. The van der Waals surface area contributed by atoms with Crippen molar-refractivity contribution in [2.45, 2.75) is 12.8 Å². The van der Waals surface area contributed by atoms with Crippen LogP contribution in [0.5, 0.6) is 23.0 Å². The Morgan fingerprint density at radius 1 is 0.781 bits per heavy atom. The van der Waals surface area contributed by atoms with Gasteiger partial charge < -0.3 is 24.3 Å². The van der Waals surface area contributed by atoms with E-state index in [0.717, 1.165) is 5.56 Å². The van der Waals surface area contributed by atoms with E-state index in [-0.39, 0.29) is 18.3 Å². The molecule has 0 aromatic heterocycles. The fourth-order valence-corrected chi connectivity index (χ4v) is 3.08. The topological polar surface area (TPSA) is 83.1 Å². The van der Waals surface area contributed by atoms with E-state index in [9.17, 15) is 9.59 Å². The van der Waals surface area contributed by atoms with E-state index in [1.165, 1.54) is 7.11 Å². The Bertz CT molecular complexity index is 1060. The third-order valence-corrected chi connectivity index (χ3v) is 4.72. The molecule has 0 bridgehead atoms. The summed E-state index contributed by atoms with van der Waals surface area (Å²) < 4.78 is 21.1. The Morgan fingerprint density at radius 3 is 2.06 bits per heavy atom. The Labute approximate surface area is 186 Å². The molecule has 0 aliphatic carbocycles. The van der Waals surface area contributed by atoms with Crippen LogP contribution in [-0.2, 0) is 11.2 Å². The number of anilines is 1. The summed E-state index contributed by atoms with van der Waals surface area (Å²) in [5.74, 6) is 1.56. The van der Waals surface area contributed by atoms with Crippen LogP contribution in [-0.4, -0.2) is 33.2 Å². The van der Waals surface area contributed by atoms with Crippen molar-refractivity contribution in [2.24, 2.45) is 0 Å². The molecule has 3 rings (SSSR count). The number of amides is 1. The van der Waals surface area contributed by atoms with Crippen molar-refractivity contribution < 1.29 is 28.5 Å². The molecule has 0 aliphatic heterocycles. The van der Waals surface area contributed by atoms with E-state index in [1.54, 1.807) is 68.8 Å². The predicted molar refractivity (Wildman–Crippen MR) is 121 cm³/mol. The summed E-state index contributed by atoms with van der Waals surface area (Å²) in [6, 6.07) is 19.0. The molecule has 0 unspecified atom stereocenters. The van der Waals surface area contributed by atoms with Crippen LogP contribution in [0.25, 0.3) is 0 Å². The minimum absolute atomic E-state index is 0.197. The largest absolute Gasteiger partial charge is 0.497 e. The molecule has 166 valence electrons. The van der Waals surface area contributed by atoms with Gasteiger partial charge in [-0.05, 0) is 60.5 Å². The van der Waals surface area contributed by atoms with Crippen molar-refractivity contribution >= 4 is 17.6 Å². The molecule has 0 heterocycles. The zero-order valence-corrected chi connectivity index (χ0v) is 18.2. The van der Waals surface area contributed by atoms with Gasteiger partial charge in [0.05, 0.1) is 26.9 Å². The highest BCUT2D eigenvalue weighted by Crippen LogP contribution is 2.24. The molecule has 7 nitrogen and oxygen atoms in total. The average Bonchev–Trinajstić information content (AvgIpc) is 2.83. The van der Waals surface area contributed by atoms with Crippen molar-refractivity contribution in [3.8, 4) is 23.0 Å². The van der Waals surface area contributed by atoms with Crippen LogP contribution in [0.4, 0.5) is 5.69 Å². The number of methoxy groups -OCH3 is 3. The normalized spacial score (nSPS) is 10.2. The first-order valence-electron chi connectivity index (χ1n) is 9.99. The van der Waals surface area contributed by atoms with Gasteiger partial charge in [0.1, 0.15) is 23.0 Å². The van der Waals surface area contributed by atoms with Gasteiger partial charge in [-0.2, -0.15) is 0 Å². The number of esters is 1. The van der Waals surface area contributed by atoms with E-state index in [2.05, 4.69) is 5.32 Å². The summed E-state index contributed by atoms with van der Waals surface area (Å²) in [6.45, 7) is 0. The Kier molecular flexibility index (Phi) is 7.70. The maximum Gasteiger partial charge on any atom is 0.311 e. The summed E-state index contributed by atoms with van der Waals surface area (Å²) in [5, 5.41) is 2.80. The summed E-state index contributed by atoms with van der Waals surface area (Å²) >= 11 is 0. The van der Waals surface area contributed by atoms with E-state index >= 15 is 0 Å². The number of hydrogen-bond donors (Lipinski definition) is 1. The van der Waals surface area contributed by atoms with E-state index in [4.69, 9.17) is 18.9 Å². The molecule has 1 amide bonds. The number of benzene rings is 3. The van der Waals surface area contributed by atoms with Crippen LogP contribution < -0.4 is 24.3 Å². The van der Waals surface area contributed by atoms with Crippen LogP contribution in [0.1, 0.15) is 22.3 Å². The molecule has 3 aromatic carbocycles. The highest BCUT2D eigenvalue weighted by molar-refractivity contribution is 6.06. The van der Waals surface area contributed by atoms with Crippen LogP contribution >= 0.6 is 0 Å². The lowest BCUT2D eigenvalue weighted by molar-refractivity contribution is -0.134. The highest BCUT2D eigenvalue weighted by Gasteiger charge is 2.12. The second-order valence-corrected chi connectivity index (χ2v) is 6.87. The second kappa shape index (κ2) is 10.9. The number of para-hydroxylation sites is 1. The summed E-state index contributed by atoms with van der Waals surface area (Å²) in [7, 11) is 4.67. The molecule has 0 aliphatic rings. The quantitative estimate of drug-likeness (QED) is 0.394. The van der Waals surface area contributed by atoms with Crippen molar-refractivity contribution in [3.05, 3.63) is 77.9 Å². The summed E-state index contributed by atoms with van der Waals surface area (Å²) in [4.78, 5) is 24.7. The molecular weight excluding hydrogens is 410 g/mol. The first kappa shape index (κ1) is 22.7. The Hall–Kier alpha value is -4.00. The summed E-state index contributed by atoms with van der Waals surface area (Å²) in [5.41, 5.74) is 1.91. The number of nitrogens with one attached hydrogen (secondary N) is 1. The Balaban J connectivity index is 1.55. The van der Waals surface area contributed by atoms with Gasteiger partial charge >= 0.3 is 5.97 Å². The maximum absolute atomic E-state index is 12.5. The van der Waals surface area contributed by atoms with E-state index in [0.29, 0.717) is 40.7 Å². The number of rotatable bonds is 9. The standard InChI is InChI=1S/C25H25NO6/c1-29-20-14-17(15-21(16-20)30-2)8-13-24(27)32-19-11-9-18(10-12-19)26-25(28)22-6-4-5-7-23(22)31-3/h4-7,9-12,14-16H,8,13H2,1-3H3,(H,26,28). The van der Waals surface area contributed by atoms with Gasteiger partial charge in [0.25, 0.3) is 5.91 Å². The molecule has 0 saturated heterocycles. The van der Waals surface area contributed by atoms with Gasteiger partial charge in [-0.15, -0.1) is 0 Å². The maximum atomic E-state index is 12.5. The lowest BCUT2D eigenvalue weighted by Gasteiger charge is -2.10. The van der Waals surface area contributed by atoms with Crippen LogP contribution in [0.3, 0.4) is 0 Å². The molecule has 0 spiro atoms. The van der Waals surface area contributed by atoms with Gasteiger partial charge in [0, 0.05) is 18.2 Å². The lowest BCUT2D eigenvalue weighted by atomic mass is 10.1.